The first kappa shape index (κ1) is 22.8. The summed E-state index contributed by atoms with van der Waals surface area (Å²) in [6, 6.07) is 11.2. The summed E-state index contributed by atoms with van der Waals surface area (Å²) in [6.07, 6.45) is 9.23. The molecule has 33 heavy (non-hydrogen) atoms. The molecule has 1 aliphatic carbocycles. The number of benzene rings is 2. The summed E-state index contributed by atoms with van der Waals surface area (Å²) in [5.74, 6) is -0.578. The molecule has 1 amide bonds. The first-order chi connectivity index (χ1) is 15.9. The van der Waals surface area contributed by atoms with Gasteiger partial charge in [0.05, 0.1) is 12.1 Å². The van der Waals surface area contributed by atoms with Gasteiger partial charge in [-0.25, -0.2) is 0 Å². The molecular formula is C27H29N3O3. The van der Waals surface area contributed by atoms with E-state index in [2.05, 4.69) is 12.2 Å². The Labute approximate surface area is 194 Å². The number of hydrogen-bond donors (Lipinski definition) is 2. The lowest BCUT2D eigenvalue weighted by Gasteiger charge is -2.36. The van der Waals surface area contributed by atoms with Gasteiger partial charge in [-0.3, -0.25) is 19.4 Å². The van der Waals surface area contributed by atoms with Crippen molar-refractivity contribution in [2.24, 2.45) is 10.7 Å². The number of hydrogen-bond acceptors (Lipinski definition) is 5. The second kappa shape index (κ2) is 9.24. The van der Waals surface area contributed by atoms with Crippen LogP contribution in [0.25, 0.3) is 0 Å². The molecule has 0 fully saturated rings. The molecular weight excluding hydrogens is 414 g/mol. The molecule has 4 rings (SSSR count). The van der Waals surface area contributed by atoms with Crippen LogP contribution in [0.4, 0.5) is 0 Å². The predicted molar refractivity (Wildman–Crippen MR) is 129 cm³/mol. The Bertz CT molecular complexity index is 1150. The van der Waals surface area contributed by atoms with E-state index in [4.69, 9.17) is 10.7 Å². The summed E-state index contributed by atoms with van der Waals surface area (Å²) in [4.78, 5) is 43.7. The molecule has 1 heterocycles. The summed E-state index contributed by atoms with van der Waals surface area (Å²) in [7, 11) is 0. The fourth-order valence-electron chi connectivity index (χ4n) is 4.63. The van der Waals surface area contributed by atoms with Crippen LogP contribution in [0.15, 0.2) is 59.6 Å². The van der Waals surface area contributed by atoms with Crippen LogP contribution in [0.1, 0.15) is 76.9 Å². The smallest absolute Gasteiger partial charge is 0.236 e. The normalized spacial score (nSPS) is 20.3. The van der Waals surface area contributed by atoms with E-state index in [-0.39, 0.29) is 23.5 Å². The molecule has 2 aromatic rings. The summed E-state index contributed by atoms with van der Waals surface area (Å²) < 4.78 is 0. The van der Waals surface area contributed by atoms with Gasteiger partial charge in [0, 0.05) is 28.5 Å². The number of unbranched alkanes of at least 4 members (excludes halogenated alkanes) is 2. The van der Waals surface area contributed by atoms with Crippen LogP contribution in [0.5, 0.6) is 0 Å². The van der Waals surface area contributed by atoms with Crippen molar-refractivity contribution in [3.63, 3.8) is 0 Å². The van der Waals surface area contributed by atoms with Gasteiger partial charge in [0.15, 0.2) is 11.6 Å². The third-order valence-corrected chi connectivity index (χ3v) is 6.47. The molecule has 0 saturated heterocycles. The molecule has 2 aromatic carbocycles. The molecule has 3 N–H and O–H groups in total. The molecule has 170 valence electrons. The molecule has 0 spiro atoms. The van der Waals surface area contributed by atoms with Crippen molar-refractivity contribution in [2.45, 2.75) is 57.2 Å². The van der Waals surface area contributed by atoms with Crippen molar-refractivity contribution in [3.8, 4) is 0 Å². The van der Waals surface area contributed by atoms with Crippen LogP contribution >= 0.6 is 0 Å². The van der Waals surface area contributed by atoms with E-state index in [1.807, 2.05) is 18.2 Å². The van der Waals surface area contributed by atoms with Gasteiger partial charge in [0.25, 0.3) is 0 Å². The minimum absolute atomic E-state index is 0.156. The van der Waals surface area contributed by atoms with E-state index in [1.165, 1.54) is 0 Å². The molecule has 2 unspecified atom stereocenters. The predicted octanol–water partition coefficient (Wildman–Crippen LogP) is 3.71. The third-order valence-electron chi connectivity index (χ3n) is 6.47. The van der Waals surface area contributed by atoms with Crippen molar-refractivity contribution in [3.05, 3.63) is 82.4 Å². The number of nitrogens with zero attached hydrogens (tertiary/aromatic N) is 1. The zero-order valence-corrected chi connectivity index (χ0v) is 19.0. The number of fused-ring (bicyclic) bond motifs is 2. The molecule has 6 heteroatoms. The van der Waals surface area contributed by atoms with Crippen LogP contribution in [0, 0.1) is 0 Å². The van der Waals surface area contributed by atoms with Gasteiger partial charge in [-0.05, 0) is 43.2 Å². The minimum Gasteiger partial charge on any atom is -0.349 e. The van der Waals surface area contributed by atoms with Crippen molar-refractivity contribution in [1.82, 2.24) is 5.32 Å². The number of carbonyl (C=O) groups is 3. The quantitative estimate of drug-likeness (QED) is 0.518. The Morgan fingerprint density at radius 2 is 1.70 bits per heavy atom. The van der Waals surface area contributed by atoms with Crippen molar-refractivity contribution in [2.75, 3.05) is 0 Å². The second-order valence-corrected chi connectivity index (χ2v) is 8.77. The fraction of sp³-hybridized carbons (Fsp3) is 0.333. The van der Waals surface area contributed by atoms with E-state index >= 15 is 0 Å². The maximum atomic E-state index is 13.3. The molecule has 2 aliphatic rings. The molecule has 1 aliphatic heterocycles. The summed E-state index contributed by atoms with van der Waals surface area (Å²) >= 11 is 0. The van der Waals surface area contributed by atoms with Gasteiger partial charge in [-0.2, -0.15) is 0 Å². The van der Waals surface area contributed by atoms with Gasteiger partial charge in [0.2, 0.25) is 5.91 Å². The molecule has 0 saturated carbocycles. The average Bonchev–Trinajstić information content (AvgIpc) is 3.32. The number of carbonyl (C=O) groups excluding carboxylic acids is 3. The third kappa shape index (κ3) is 4.07. The number of aliphatic imine (C=N–C) groups is 1. The summed E-state index contributed by atoms with van der Waals surface area (Å²) in [6.45, 7) is 3.78. The standard InChI is InChI=1S/C27H29N3O3/c1-3-4-5-11-23(30-26(33)17(2)28)27(14-8-15-29-27)18-12-13-21-22(16-18)25(32)20-10-7-6-9-19(20)24(21)31/h6-10,12-17,23H,3-5,11,28H2,1-2H3,(H,30,33)/t17-,23?,27?/m0/s1. The van der Waals surface area contributed by atoms with Crippen LogP contribution in [0.2, 0.25) is 0 Å². The largest absolute Gasteiger partial charge is 0.349 e. The Hall–Kier alpha value is -3.38. The van der Waals surface area contributed by atoms with Crippen LogP contribution in [-0.2, 0) is 10.3 Å². The fourth-order valence-corrected chi connectivity index (χ4v) is 4.63. The molecule has 6 nitrogen and oxygen atoms in total. The molecule has 0 aromatic heterocycles. The number of rotatable bonds is 8. The van der Waals surface area contributed by atoms with Gasteiger partial charge in [-0.1, -0.05) is 56.5 Å². The highest BCUT2D eigenvalue weighted by molar-refractivity contribution is 6.28. The number of nitrogens with one attached hydrogen (secondary N) is 1. The maximum Gasteiger partial charge on any atom is 0.236 e. The summed E-state index contributed by atoms with van der Waals surface area (Å²) in [5.41, 5.74) is 7.34. The second-order valence-electron chi connectivity index (χ2n) is 8.77. The Balaban J connectivity index is 1.78. The topological polar surface area (TPSA) is 102 Å². The molecule has 0 bridgehead atoms. The van der Waals surface area contributed by atoms with Crippen molar-refractivity contribution >= 4 is 23.7 Å². The number of allylic oxidation sites excluding steroid dienone is 1. The minimum atomic E-state index is -0.867. The lowest BCUT2D eigenvalue weighted by molar-refractivity contribution is -0.123. The lowest BCUT2D eigenvalue weighted by Crippen LogP contribution is -2.52. The highest BCUT2D eigenvalue weighted by Gasteiger charge is 2.41. The molecule has 3 atom stereocenters. The highest BCUT2D eigenvalue weighted by Crippen LogP contribution is 2.39. The lowest BCUT2D eigenvalue weighted by atomic mass is 9.77. The summed E-state index contributed by atoms with van der Waals surface area (Å²) in [5, 5.41) is 3.09. The van der Waals surface area contributed by atoms with Crippen molar-refractivity contribution in [1.29, 1.82) is 0 Å². The first-order valence-corrected chi connectivity index (χ1v) is 11.5. The number of nitrogens with two attached hydrogens (primary N) is 1. The zero-order valence-electron chi connectivity index (χ0n) is 19.0. The molecule has 0 radical (unpaired) electrons. The average molecular weight is 444 g/mol. The van der Waals surface area contributed by atoms with Crippen molar-refractivity contribution < 1.29 is 14.4 Å². The van der Waals surface area contributed by atoms with E-state index in [1.54, 1.807) is 49.5 Å². The number of ketones is 2. The Kier molecular flexibility index (Phi) is 6.38. The van der Waals surface area contributed by atoms with Gasteiger partial charge in [0.1, 0.15) is 5.54 Å². The highest BCUT2D eigenvalue weighted by atomic mass is 16.2. The number of amides is 1. The van der Waals surface area contributed by atoms with E-state index in [0.717, 1.165) is 24.8 Å². The van der Waals surface area contributed by atoms with E-state index in [9.17, 15) is 14.4 Å². The van der Waals surface area contributed by atoms with Crippen LogP contribution in [0.3, 0.4) is 0 Å². The van der Waals surface area contributed by atoms with E-state index in [0.29, 0.717) is 28.7 Å². The van der Waals surface area contributed by atoms with Crippen LogP contribution < -0.4 is 11.1 Å². The van der Waals surface area contributed by atoms with E-state index < -0.39 is 11.6 Å². The SMILES string of the molecule is CCCCCC(NC(=O)[C@H](C)N)C1(c2ccc3c(c2)C(=O)c2ccccc2C3=O)C=CC=N1. The monoisotopic (exact) mass is 443 g/mol. The van der Waals surface area contributed by atoms with Gasteiger partial charge >= 0.3 is 0 Å². The zero-order chi connectivity index (χ0) is 23.6. The Morgan fingerprint density at radius 1 is 1.03 bits per heavy atom. The van der Waals surface area contributed by atoms with Gasteiger partial charge in [-0.15, -0.1) is 0 Å². The maximum absolute atomic E-state index is 13.3. The first-order valence-electron chi connectivity index (χ1n) is 11.5. The Morgan fingerprint density at radius 3 is 2.30 bits per heavy atom. The van der Waals surface area contributed by atoms with Gasteiger partial charge < -0.3 is 11.1 Å². The van der Waals surface area contributed by atoms with Crippen LogP contribution in [-0.4, -0.2) is 35.8 Å².